The summed E-state index contributed by atoms with van der Waals surface area (Å²) in [6, 6.07) is 9.39. The fourth-order valence-electron chi connectivity index (χ4n) is 4.19. The predicted molar refractivity (Wildman–Crippen MR) is 127 cm³/mol. The Labute approximate surface area is 221 Å². The summed E-state index contributed by atoms with van der Waals surface area (Å²) in [5.41, 5.74) is 2.53. The number of esters is 4. The maximum Gasteiger partial charge on any atom is 0.305 e. The number of ether oxygens (including phenoxy) is 5. The molecule has 5 atom stereocenters. The van der Waals surface area contributed by atoms with Crippen molar-refractivity contribution in [3.63, 3.8) is 0 Å². The van der Waals surface area contributed by atoms with Crippen molar-refractivity contribution in [2.45, 2.75) is 65.3 Å². The lowest BCUT2D eigenvalue weighted by Crippen LogP contribution is -2.65. The van der Waals surface area contributed by atoms with Crippen LogP contribution in [0.25, 0.3) is 16.8 Å². The first kappa shape index (κ1) is 27.5. The van der Waals surface area contributed by atoms with E-state index < -0.39 is 61.2 Å². The molecule has 1 aliphatic heterocycles. The molecule has 0 saturated carbocycles. The largest absolute Gasteiger partial charge is 0.463 e. The molecule has 208 valence electrons. The number of carbonyl (C=O) groups is 4. The number of nitrogens with zero attached hydrogens (tertiary/aromatic N) is 5. The Bertz CT molecular complexity index is 1370. The van der Waals surface area contributed by atoms with Crippen molar-refractivity contribution in [3.8, 4) is 11.1 Å². The Hall–Kier alpha value is -4.53. The molecule has 0 unspecified atom stereocenters. The summed E-state index contributed by atoms with van der Waals surface area (Å²) in [4.78, 5) is 54.4. The van der Waals surface area contributed by atoms with Crippen LogP contribution in [0.4, 0.5) is 0 Å². The van der Waals surface area contributed by atoms with Crippen LogP contribution in [0.15, 0.2) is 30.3 Å². The molecule has 3 aromatic rings. The Morgan fingerprint density at radius 3 is 2.13 bits per heavy atom. The molecule has 1 fully saturated rings. The van der Waals surface area contributed by atoms with Gasteiger partial charge in [-0.3, -0.25) is 19.2 Å². The number of aromatic nitrogens is 5. The van der Waals surface area contributed by atoms with Gasteiger partial charge in [0.15, 0.2) is 12.2 Å². The van der Waals surface area contributed by atoms with Crippen LogP contribution in [0.5, 0.6) is 0 Å². The fourth-order valence-corrected chi connectivity index (χ4v) is 4.19. The number of hydrogen-bond donors (Lipinski definition) is 0. The van der Waals surface area contributed by atoms with E-state index in [1.807, 2.05) is 30.3 Å². The predicted octanol–water partition coefficient (Wildman–Crippen LogP) is 0.413. The van der Waals surface area contributed by atoms with Crippen LogP contribution in [0.2, 0.25) is 0 Å². The Morgan fingerprint density at radius 2 is 1.51 bits per heavy atom. The second kappa shape index (κ2) is 11.5. The van der Waals surface area contributed by atoms with Gasteiger partial charge >= 0.3 is 23.9 Å². The minimum atomic E-state index is -1.51. The van der Waals surface area contributed by atoms with Gasteiger partial charge in [-0.1, -0.05) is 35.0 Å². The van der Waals surface area contributed by atoms with Crippen LogP contribution >= 0.6 is 0 Å². The SMILES string of the molecule is CC(=O)OC[C@@H]1O[C@H](OC(C)=O)[C@H](On2nnc3c(-c4ccccc4)c(C)nn32)[C@@H](OC(C)=O)[C@@H]1OC(C)=O. The van der Waals surface area contributed by atoms with Crippen LogP contribution in [-0.2, 0) is 42.9 Å². The van der Waals surface area contributed by atoms with E-state index >= 15 is 0 Å². The molecule has 0 radical (unpaired) electrons. The van der Waals surface area contributed by atoms with Crippen LogP contribution in [-0.4, -0.2) is 86.2 Å². The molecule has 0 N–H and O–H groups in total. The van der Waals surface area contributed by atoms with Crippen LogP contribution < -0.4 is 4.84 Å². The number of hydrogen-bond acceptors (Lipinski definition) is 13. The van der Waals surface area contributed by atoms with Gasteiger partial charge in [0, 0.05) is 32.7 Å². The zero-order valence-electron chi connectivity index (χ0n) is 21.8. The molecule has 1 aliphatic rings. The normalized spacial score (nSPS) is 22.6. The van der Waals surface area contributed by atoms with Gasteiger partial charge in [0.05, 0.1) is 11.3 Å². The third-order valence-electron chi connectivity index (χ3n) is 5.60. The van der Waals surface area contributed by atoms with Gasteiger partial charge < -0.3 is 28.5 Å². The number of benzene rings is 1. The van der Waals surface area contributed by atoms with E-state index in [0.29, 0.717) is 16.9 Å². The lowest BCUT2D eigenvalue weighted by atomic mass is 9.98. The summed E-state index contributed by atoms with van der Waals surface area (Å²) in [7, 11) is 0. The Balaban J connectivity index is 1.75. The molecule has 1 aromatic carbocycles. The first-order valence-corrected chi connectivity index (χ1v) is 11.9. The van der Waals surface area contributed by atoms with Crippen molar-refractivity contribution in [3.05, 3.63) is 36.0 Å². The number of aryl methyl sites for hydroxylation is 1. The standard InChI is InChI=1S/C24H27N5O10/c1-12-19(17-9-7-6-8-10-17)23-25-27-29(28(23)26-12)39-22-21(36-15(4)32)20(35-14(3)31)18(11-34-13(2)30)38-24(22)37-16(5)33/h6-10,18,20-22,24H,11H2,1-5H3/t18-,20+,21-,22+,24-/m0/s1. The molecule has 1 saturated heterocycles. The summed E-state index contributed by atoms with van der Waals surface area (Å²) in [5, 5.41) is 12.6. The topological polar surface area (TPSA) is 172 Å². The molecule has 39 heavy (non-hydrogen) atoms. The first-order valence-electron chi connectivity index (χ1n) is 11.9. The highest BCUT2D eigenvalue weighted by atomic mass is 16.8. The smallest absolute Gasteiger partial charge is 0.305 e. The van der Waals surface area contributed by atoms with Crippen molar-refractivity contribution in [2.24, 2.45) is 0 Å². The van der Waals surface area contributed by atoms with Crippen molar-refractivity contribution >= 4 is 29.5 Å². The van der Waals surface area contributed by atoms with E-state index in [0.717, 1.165) is 31.3 Å². The van der Waals surface area contributed by atoms with E-state index in [-0.39, 0.29) is 0 Å². The lowest BCUT2D eigenvalue weighted by Gasteiger charge is -2.43. The van der Waals surface area contributed by atoms with Crippen LogP contribution in [0.1, 0.15) is 33.4 Å². The number of fused-ring (bicyclic) bond motifs is 1. The lowest BCUT2D eigenvalue weighted by molar-refractivity contribution is -0.309. The van der Waals surface area contributed by atoms with Crippen molar-refractivity contribution in [1.82, 2.24) is 25.0 Å². The molecule has 2 aromatic heterocycles. The molecule has 15 heteroatoms. The van der Waals surface area contributed by atoms with E-state index in [4.69, 9.17) is 28.5 Å². The minimum absolute atomic E-state index is 0.354. The van der Waals surface area contributed by atoms with Gasteiger partial charge in [-0.2, -0.15) is 5.10 Å². The number of tetrazole rings is 1. The maximum atomic E-state index is 12.1. The van der Waals surface area contributed by atoms with Crippen molar-refractivity contribution in [1.29, 1.82) is 0 Å². The summed E-state index contributed by atoms with van der Waals surface area (Å²) < 4.78 is 28.3. The molecule has 0 amide bonds. The average Bonchev–Trinajstić information content (AvgIpc) is 3.38. The third-order valence-corrected chi connectivity index (χ3v) is 5.60. The minimum Gasteiger partial charge on any atom is -0.463 e. The highest BCUT2D eigenvalue weighted by Crippen LogP contribution is 2.30. The monoisotopic (exact) mass is 545 g/mol. The maximum absolute atomic E-state index is 12.1. The van der Waals surface area contributed by atoms with Gasteiger partial charge in [0.1, 0.15) is 12.7 Å². The highest BCUT2D eigenvalue weighted by Gasteiger charge is 2.54. The molecular formula is C24H27N5O10. The highest BCUT2D eigenvalue weighted by molar-refractivity contribution is 5.79. The Kier molecular flexibility index (Phi) is 8.09. The van der Waals surface area contributed by atoms with E-state index in [1.165, 1.54) is 11.6 Å². The fraction of sp³-hybridized carbons (Fsp3) is 0.458. The molecule has 3 heterocycles. The zero-order valence-corrected chi connectivity index (χ0v) is 21.8. The van der Waals surface area contributed by atoms with E-state index in [1.54, 1.807) is 6.92 Å². The quantitative estimate of drug-likeness (QED) is 0.282. The van der Waals surface area contributed by atoms with Crippen molar-refractivity contribution < 1.29 is 47.7 Å². The molecule has 15 nitrogen and oxygen atoms in total. The molecule has 0 aliphatic carbocycles. The number of carbonyl (C=O) groups excluding carboxylic acids is 4. The van der Waals surface area contributed by atoms with Gasteiger partial charge in [0.25, 0.3) is 0 Å². The number of rotatable bonds is 8. The van der Waals surface area contributed by atoms with Gasteiger partial charge in [-0.25, -0.2) is 0 Å². The molecule has 0 bridgehead atoms. The summed E-state index contributed by atoms with van der Waals surface area (Å²) in [6.07, 6.45) is -6.83. The summed E-state index contributed by atoms with van der Waals surface area (Å²) in [6.45, 7) is 5.97. The second-order valence-electron chi connectivity index (χ2n) is 8.65. The second-order valence-corrected chi connectivity index (χ2v) is 8.65. The van der Waals surface area contributed by atoms with Crippen molar-refractivity contribution in [2.75, 3.05) is 6.61 Å². The van der Waals surface area contributed by atoms with Crippen LogP contribution in [0, 0.1) is 6.92 Å². The summed E-state index contributed by atoms with van der Waals surface area (Å²) in [5.74, 6) is -2.89. The molecule has 4 rings (SSSR count). The van der Waals surface area contributed by atoms with Gasteiger partial charge in [-0.15, -0.1) is 5.10 Å². The average molecular weight is 546 g/mol. The van der Waals surface area contributed by atoms with Gasteiger partial charge in [-0.05, 0) is 17.7 Å². The zero-order chi connectivity index (χ0) is 28.3. The van der Waals surface area contributed by atoms with E-state index in [9.17, 15) is 19.2 Å². The summed E-state index contributed by atoms with van der Waals surface area (Å²) >= 11 is 0. The third kappa shape index (κ3) is 6.14. The first-order chi connectivity index (χ1) is 18.5. The van der Waals surface area contributed by atoms with E-state index in [2.05, 4.69) is 15.4 Å². The Morgan fingerprint density at radius 1 is 0.872 bits per heavy atom. The van der Waals surface area contributed by atoms with Crippen LogP contribution in [0.3, 0.4) is 0 Å². The molecular weight excluding hydrogens is 518 g/mol. The molecule has 0 spiro atoms. The van der Waals surface area contributed by atoms with Gasteiger partial charge in [0.2, 0.25) is 18.0 Å².